The third kappa shape index (κ3) is 6.68. The third-order valence-electron chi connectivity index (χ3n) is 6.00. The number of halogens is 4. The molecule has 0 bridgehead atoms. The van der Waals surface area contributed by atoms with E-state index in [1.54, 1.807) is 25.1 Å². The molecule has 0 aliphatic carbocycles. The van der Waals surface area contributed by atoms with Crippen LogP contribution in [0.15, 0.2) is 52.5 Å². The van der Waals surface area contributed by atoms with Crippen molar-refractivity contribution in [3.05, 3.63) is 59.4 Å². The summed E-state index contributed by atoms with van der Waals surface area (Å²) in [6.45, 7) is 6.03. The van der Waals surface area contributed by atoms with Crippen LogP contribution in [0.5, 0.6) is 0 Å². The molecule has 7 nitrogen and oxygen atoms in total. The van der Waals surface area contributed by atoms with Crippen molar-refractivity contribution < 1.29 is 26.9 Å². The minimum Gasteiger partial charge on any atom is -0.369 e. The Kier molecular flexibility index (Phi) is 8.66. The van der Waals surface area contributed by atoms with Crippen molar-refractivity contribution in [1.82, 2.24) is 25.3 Å². The van der Waals surface area contributed by atoms with E-state index in [0.717, 1.165) is 25.9 Å². The molecule has 1 saturated heterocycles. The number of aromatic nitrogens is 2. The first kappa shape index (κ1) is 26.4. The molecular weight excluding hydrogens is 466 g/mol. The van der Waals surface area contributed by atoms with Crippen molar-refractivity contribution in [1.29, 1.82) is 0 Å². The summed E-state index contributed by atoms with van der Waals surface area (Å²) in [5.74, 6) is -2.25. The molecular formula is C24H29F4N5O2. The second kappa shape index (κ2) is 11.5. The summed E-state index contributed by atoms with van der Waals surface area (Å²) in [5.41, 5.74) is 1.15. The van der Waals surface area contributed by atoms with E-state index in [1.165, 1.54) is 18.2 Å². The van der Waals surface area contributed by atoms with Crippen molar-refractivity contribution in [2.24, 2.45) is 0 Å². The zero-order valence-corrected chi connectivity index (χ0v) is 19.9. The molecule has 35 heavy (non-hydrogen) atoms. The molecule has 1 aromatic heterocycles. The fourth-order valence-electron chi connectivity index (χ4n) is 4.05. The number of nitrogens with one attached hydrogen (secondary N) is 1. The van der Waals surface area contributed by atoms with Crippen molar-refractivity contribution in [3.63, 3.8) is 0 Å². The normalized spacial score (nSPS) is 16.2. The minimum absolute atomic E-state index is 0.216. The fraction of sp³-hybridized carbons (Fsp3) is 0.458. The molecule has 1 aromatic carbocycles. The largest absolute Gasteiger partial charge is 0.471 e. The van der Waals surface area contributed by atoms with E-state index >= 15 is 0 Å². The van der Waals surface area contributed by atoms with Gasteiger partial charge in [-0.05, 0) is 51.9 Å². The summed E-state index contributed by atoms with van der Waals surface area (Å²) in [5, 5.41) is 6.19. The van der Waals surface area contributed by atoms with E-state index in [4.69, 9.17) is 0 Å². The molecule has 1 N–H and O–H groups in total. The van der Waals surface area contributed by atoms with Crippen molar-refractivity contribution in [3.8, 4) is 11.4 Å². The lowest BCUT2D eigenvalue weighted by Crippen LogP contribution is -2.45. The predicted molar refractivity (Wildman–Crippen MR) is 123 cm³/mol. The lowest BCUT2D eigenvalue weighted by molar-refractivity contribution is -0.159. The molecule has 1 aliphatic rings. The van der Waals surface area contributed by atoms with Gasteiger partial charge in [-0.3, -0.25) is 4.79 Å². The molecule has 11 heteroatoms. The summed E-state index contributed by atoms with van der Waals surface area (Å²) >= 11 is 0. The zero-order chi connectivity index (χ0) is 25.6. The maximum atomic E-state index is 14.0. The molecule has 3 rings (SSSR count). The van der Waals surface area contributed by atoms with Crippen molar-refractivity contribution >= 4 is 5.91 Å². The average Bonchev–Trinajstić information content (AvgIpc) is 3.36. The second-order valence-corrected chi connectivity index (χ2v) is 8.27. The number of likely N-dealkylation sites (N-methyl/N-ethyl adjacent to an activating group) is 1. The van der Waals surface area contributed by atoms with Crippen LogP contribution in [0.4, 0.5) is 17.6 Å². The van der Waals surface area contributed by atoms with Crippen molar-refractivity contribution in [2.45, 2.75) is 38.9 Å². The van der Waals surface area contributed by atoms with Crippen LogP contribution in [0.1, 0.15) is 42.9 Å². The van der Waals surface area contributed by atoms with Gasteiger partial charge in [0.1, 0.15) is 5.83 Å². The molecule has 0 saturated carbocycles. The number of likely N-dealkylation sites (tertiary alicyclic amines) is 1. The Morgan fingerprint density at radius 2 is 1.97 bits per heavy atom. The van der Waals surface area contributed by atoms with Gasteiger partial charge in [0, 0.05) is 43.3 Å². The molecule has 190 valence electrons. The van der Waals surface area contributed by atoms with Gasteiger partial charge in [0.05, 0.1) is 5.70 Å². The predicted octanol–water partition coefficient (Wildman–Crippen LogP) is 4.66. The number of carbonyl (C=O) groups is 1. The lowest BCUT2D eigenvalue weighted by atomic mass is 10.0. The number of benzene rings is 1. The average molecular weight is 496 g/mol. The molecule has 0 unspecified atom stereocenters. The van der Waals surface area contributed by atoms with Crippen LogP contribution in [-0.4, -0.2) is 65.1 Å². The summed E-state index contributed by atoms with van der Waals surface area (Å²) in [6, 6.07) is 6.35. The topological polar surface area (TPSA) is 74.5 Å². The van der Waals surface area contributed by atoms with E-state index in [1.807, 2.05) is 14.0 Å². The number of carbonyl (C=O) groups excluding carboxylic acids is 1. The van der Waals surface area contributed by atoms with E-state index in [0.29, 0.717) is 24.8 Å². The van der Waals surface area contributed by atoms with Gasteiger partial charge in [0.25, 0.3) is 5.91 Å². The third-order valence-corrected chi connectivity index (χ3v) is 6.00. The van der Waals surface area contributed by atoms with Gasteiger partial charge in [-0.15, -0.1) is 0 Å². The number of amides is 1. The Morgan fingerprint density at radius 1 is 1.26 bits per heavy atom. The minimum atomic E-state index is -4.74. The van der Waals surface area contributed by atoms with Gasteiger partial charge >= 0.3 is 12.1 Å². The molecule has 0 atom stereocenters. The Balaban J connectivity index is 1.49. The van der Waals surface area contributed by atoms with Crippen LogP contribution in [-0.2, 0) is 6.18 Å². The molecule has 2 aromatic rings. The Labute approximate surface area is 201 Å². The number of piperidine rings is 1. The maximum Gasteiger partial charge on any atom is 0.471 e. The fourth-order valence-corrected chi connectivity index (χ4v) is 4.05. The molecule has 1 aliphatic heterocycles. The Morgan fingerprint density at radius 3 is 2.57 bits per heavy atom. The highest BCUT2D eigenvalue weighted by molar-refractivity contribution is 5.95. The van der Waals surface area contributed by atoms with Gasteiger partial charge < -0.3 is 19.6 Å². The first-order chi connectivity index (χ1) is 16.6. The Bertz CT molecular complexity index is 1070. The van der Waals surface area contributed by atoms with Crippen LogP contribution in [0.2, 0.25) is 0 Å². The lowest BCUT2D eigenvalue weighted by Gasteiger charge is -2.38. The van der Waals surface area contributed by atoms with Crippen molar-refractivity contribution in [2.75, 3.05) is 33.2 Å². The molecule has 2 heterocycles. The van der Waals surface area contributed by atoms with Gasteiger partial charge in [0.15, 0.2) is 0 Å². The number of nitrogens with zero attached hydrogens (tertiary/aromatic N) is 4. The first-order valence-electron chi connectivity index (χ1n) is 11.4. The molecule has 0 radical (unpaired) electrons. The monoisotopic (exact) mass is 495 g/mol. The van der Waals surface area contributed by atoms with Crippen LogP contribution < -0.4 is 5.32 Å². The Hall–Kier alpha value is -3.21. The summed E-state index contributed by atoms with van der Waals surface area (Å²) < 4.78 is 56.4. The van der Waals surface area contributed by atoms with Crippen LogP contribution in [0.25, 0.3) is 11.4 Å². The number of hydrogen-bond donors (Lipinski definition) is 1. The van der Waals surface area contributed by atoms with E-state index in [-0.39, 0.29) is 28.7 Å². The van der Waals surface area contributed by atoms with E-state index < -0.39 is 12.1 Å². The molecule has 1 amide bonds. The highest BCUT2D eigenvalue weighted by Crippen LogP contribution is 2.29. The molecule has 1 fully saturated rings. The quantitative estimate of drug-likeness (QED) is 0.424. The smallest absolute Gasteiger partial charge is 0.369 e. The summed E-state index contributed by atoms with van der Waals surface area (Å²) in [7, 11) is 1.99. The van der Waals surface area contributed by atoms with E-state index in [2.05, 4.69) is 29.8 Å². The van der Waals surface area contributed by atoms with Gasteiger partial charge in [0.2, 0.25) is 5.82 Å². The molecule has 0 spiro atoms. The highest BCUT2D eigenvalue weighted by Gasteiger charge is 2.38. The zero-order valence-electron chi connectivity index (χ0n) is 19.9. The highest BCUT2D eigenvalue weighted by atomic mass is 19.4. The van der Waals surface area contributed by atoms with Gasteiger partial charge in [-0.2, -0.15) is 18.2 Å². The van der Waals surface area contributed by atoms with Crippen LogP contribution >= 0.6 is 0 Å². The number of allylic oxidation sites excluding steroid dienone is 3. The van der Waals surface area contributed by atoms with Gasteiger partial charge in [-0.25, -0.2) is 4.39 Å². The SMILES string of the molecule is CC=C(F)C(=CC)N1CCC(N(C)CCNC(=O)c2cccc(-c3noc(C(F)(F)F)n3)c2)CC1. The maximum absolute atomic E-state index is 14.0. The number of alkyl halides is 3. The first-order valence-corrected chi connectivity index (χ1v) is 11.4. The summed E-state index contributed by atoms with van der Waals surface area (Å²) in [6.07, 6.45) is 0.281. The second-order valence-electron chi connectivity index (χ2n) is 8.27. The van der Waals surface area contributed by atoms with Gasteiger partial charge in [-0.1, -0.05) is 23.4 Å². The number of rotatable bonds is 8. The van der Waals surface area contributed by atoms with Crippen LogP contribution in [0, 0.1) is 0 Å². The van der Waals surface area contributed by atoms with E-state index in [9.17, 15) is 22.4 Å². The van der Waals surface area contributed by atoms with Crippen LogP contribution in [0.3, 0.4) is 0 Å². The summed E-state index contributed by atoms with van der Waals surface area (Å²) in [4.78, 5) is 20.1. The standard InChI is InChI=1S/C24H29F4N5O2/c1-4-19(25)20(5-2)33-12-9-18(10-13-33)32(3)14-11-29-22(34)17-8-6-7-16(15-17)21-30-23(35-31-21)24(26,27)28/h4-8,15,18H,9-14H2,1-3H3,(H,29,34). The number of hydrogen-bond acceptors (Lipinski definition) is 6.